The summed E-state index contributed by atoms with van der Waals surface area (Å²) in [5.74, 6) is 0. The number of aliphatic hydroxyl groups is 1. The fraction of sp³-hybridized carbons (Fsp3) is 0.650. The molecule has 0 fully saturated rings. The Morgan fingerprint density at radius 3 is 0.870 bits per heavy atom. The van der Waals surface area contributed by atoms with Crippen molar-refractivity contribution in [1.82, 2.24) is 5.32 Å². The summed E-state index contributed by atoms with van der Waals surface area (Å²) in [6.45, 7) is 20.8. The number of hydrogen-bond acceptors (Lipinski definition) is 2. The van der Waals surface area contributed by atoms with Gasteiger partial charge in [-0.1, -0.05) is 0 Å². The van der Waals surface area contributed by atoms with Crippen LogP contribution in [-0.4, -0.2) is 23.3 Å². The predicted molar refractivity (Wildman–Crippen MR) is 102 cm³/mol. The molecule has 0 radical (unpaired) electrons. The number of hydrogen-bond donors (Lipinski definition) is 2. The first-order valence-electron chi connectivity index (χ1n) is 7.72. The summed E-state index contributed by atoms with van der Waals surface area (Å²) in [6.07, 6.45) is 0. The van der Waals surface area contributed by atoms with Crippen molar-refractivity contribution in [2.75, 3.05) is 7.05 Å². The third-order valence-electron chi connectivity index (χ3n) is 5.53. The van der Waals surface area contributed by atoms with E-state index >= 15 is 0 Å². The van der Waals surface area contributed by atoms with Crippen LogP contribution in [-0.2, 0) is 19.5 Å². The van der Waals surface area contributed by atoms with E-state index in [0.29, 0.717) is 0 Å². The molecule has 2 N–H and O–H groups in total. The monoisotopic (exact) mass is 411 g/mol. The molecule has 137 valence electrons. The Balaban J connectivity index is -0.000000332. The third kappa shape index (κ3) is 6.65. The molecule has 1 rings (SSSR count). The van der Waals surface area contributed by atoms with Crippen molar-refractivity contribution >= 4 is 0 Å². The van der Waals surface area contributed by atoms with Gasteiger partial charge in [0.25, 0.3) is 0 Å². The van der Waals surface area contributed by atoms with Gasteiger partial charge in [-0.2, -0.15) is 0 Å². The van der Waals surface area contributed by atoms with Crippen LogP contribution in [0.4, 0.5) is 0 Å². The van der Waals surface area contributed by atoms with E-state index in [9.17, 15) is 5.11 Å². The Kier molecular flexibility index (Phi) is 11.9. The average molecular weight is 411 g/mol. The van der Waals surface area contributed by atoms with Crippen LogP contribution in [0.1, 0.15) is 61.1 Å². The van der Waals surface area contributed by atoms with Crippen LogP contribution in [0.5, 0.6) is 0 Å². The molecule has 1 aromatic carbocycles. The van der Waals surface area contributed by atoms with Gasteiger partial charge in [0, 0.05) is 5.54 Å². The summed E-state index contributed by atoms with van der Waals surface area (Å²) in [6, 6.07) is 0. The Morgan fingerprint density at radius 1 is 0.652 bits per heavy atom. The second kappa shape index (κ2) is 9.91. The van der Waals surface area contributed by atoms with Gasteiger partial charge in [-0.3, -0.25) is 0 Å². The molecule has 0 aliphatic heterocycles. The van der Waals surface area contributed by atoms with Gasteiger partial charge in [-0.25, -0.2) is 0 Å². The molecule has 0 aromatic heterocycles. The summed E-state index contributed by atoms with van der Waals surface area (Å²) in [5, 5.41) is 12.5. The zero-order valence-corrected chi connectivity index (χ0v) is 19.2. The normalized spacial score (nSPS) is 11.0. The maximum absolute atomic E-state index is 9.48. The van der Waals surface area contributed by atoms with Crippen LogP contribution >= 0.6 is 0 Å². The van der Waals surface area contributed by atoms with E-state index in [4.69, 9.17) is 0 Å². The molecule has 0 saturated heterocycles. The summed E-state index contributed by atoms with van der Waals surface area (Å²) in [7, 11) is 1.85. The third-order valence-corrected chi connectivity index (χ3v) is 5.53. The van der Waals surface area contributed by atoms with Crippen molar-refractivity contribution in [3.63, 3.8) is 0 Å². The SMILES string of the molecule is CNC(C)(C)C(C)(C)O.Cc1c(C)c(C)c(C)c(C)c1C.[CH3-].[RuH+2]. The zero-order valence-electron chi connectivity index (χ0n) is 17.3. The van der Waals surface area contributed by atoms with E-state index in [1.165, 1.54) is 33.4 Å². The van der Waals surface area contributed by atoms with E-state index in [1.54, 1.807) is 13.8 Å². The molecule has 0 aliphatic carbocycles. The number of likely N-dealkylation sites (N-methyl/N-ethyl adjacent to an activating group) is 1. The zero-order chi connectivity index (χ0) is 17.2. The summed E-state index contributed by atoms with van der Waals surface area (Å²) < 4.78 is 0. The fourth-order valence-electron chi connectivity index (χ4n) is 1.99. The van der Waals surface area contributed by atoms with Crippen LogP contribution in [0.25, 0.3) is 0 Å². The first-order chi connectivity index (χ1) is 9.27. The molecule has 0 bridgehead atoms. The van der Waals surface area contributed by atoms with Crippen molar-refractivity contribution in [2.24, 2.45) is 0 Å². The quantitative estimate of drug-likeness (QED) is 0.557. The number of nitrogens with one attached hydrogen (secondary N) is 1. The van der Waals surface area contributed by atoms with Gasteiger partial charge in [0.15, 0.2) is 0 Å². The van der Waals surface area contributed by atoms with E-state index in [2.05, 4.69) is 46.9 Å². The molecule has 0 amide bonds. The first-order valence-corrected chi connectivity index (χ1v) is 7.72. The molecule has 3 heteroatoms. The van der Waals surface area contributed by atoms with Crippen LogP contribution < -0.4 is 5.32 Å². The van der Waals surface area contributed by atoms with Gasteiger partial charge in [-0.15, -0.1) is 0 Å². The Bertz CT molecular complexity index is 394. The molecule has 0 heterocycles. The second-order valence-electron chi connectivity index (χ2n) is 7.18. The molecular formula is C20H39NORu+. The van der Waals surface area contributed by atoms with Crippen molar-refractivity contribution in [1.29, 1.82) is 0 Å². The van der Waals surface area contributed by atoms with Crippen molar-refractivity contribution < 1.29 is 24.6 Å². The second-order valence-corrected chi connectivity index (χ2v) is 7.18. The molecular weight excluding hydrogens is 371 g/mol. The number of benzene rings is 1. The topological polar surface area (TPSA) is 32.3 Å². The number of rotatable bonds is 2. The summed E-state index contributed by atoms with van der Waals surface area (Å²) in [4.78, 5) is 0. The molecule has 0 saturated carbocycles. The van der Waals surface area contributed by atoms with Gasteiger partial charge in [-0.05, 0) is 110 Å². The molecule has 0 aliphatic rings. The summed E-state index contributed by atoms with van der Waals surface area (Å²) in [5.41, 5.74) is 7.85. The molecule has 0 atom stereocenters. The van der Waals surface area contributed by atoms with Crippen molar-refractivity contribution in [3.8, 4) is 0 Å². The summed E-state index contributed by atoms with van der Waals surface area (Å²) >= 11 is 0. The molecule has 23 heavy (non-hydrogen) atoms. The van der Waals surface area contributed by atoms with Gasteiger partial charge in [0.1, 0.15) is 0 Å². The molecule has 1 aromatic rings. The van der Waals surface area contributed by atoms with Gasteiger partial charge in [0.2, 0.25) is 0 Å². The van der Waals surface area contributed by atoms with Crippen LogP contribution in [0.2, 0.25) is 0 Å². The van der Waals surface area contributed by atoms with E-state index in [0.717, 1.165) is 0 Å². The predicted octanol–water partition coefficient (Wildman–Crippen LogP) is 4.47. The molecule has 2 nitrogen and oxygen atoms in total. The van der Waals surface area contributed by atoms with Crippen LogP contribution in [0, 0.1) is 49.0 Å². The van der Waals surface area contributed by atoms with Crippen LogP contribution in [0.3, 0.4) is 0 Å². The van der Waals surface area contributed by atoms with Crippen molar-refractivity contribution in [3.05, 3.63) is 40.8 Å². The molecule has 0 unspecified atom stereocenters. The van der Waals surface area contributed by atoms with Gasteiger partial charge < -0.3 is 17.8 Å². The van der Waals surface area contributed by atoms with Gasteiger partial charge >= 0.3 is 19.5 Å². The van der Waals surface area contributed by atoms with Crippen molar-refractivity contribution in [2.45, 2.75) is 80.4 Å². The van der Waals surface area contributed by atoms with Crippen LogP contribution in [0.15, 0.2) is 0 Å². The Morgan fingerprint density at radius 2 is 0.826 bits per heavy atom. The minimum atomic E-state index is -0.665. The van der Waals surface area contributed by atoms with E-state index in [1.807, 2.05) is 20.9 Å². The van der Waals surface area contributed by atoms with Gasteiger partial charge in [0.05, 0.1) is 5.60 Å². The standard InChI is InChI=1S/C12H18.C7H17NO.CH3.Ru.H/c1-7-8(2)10(4)12(6)11(5)9(7)3;1-6(2,8-5)7(3,4)9;;;/h1-6H3;8-9H,1-5H3;1H3;;/q;;-1;+2;. The Hall–Kier alpha value is -0.237. The Labute approximate surface area is 158 Å². The van der Waals surface area contributed by atoms with E-state index < -0.39 is 5.60 Å². The molecule has 0 spiro atoms. The minimum absolute atomic E-state index is 0. The maximum atomic E-state index is 9.48. The average Bonchev–Trinajstić information content (AvgIpc) is 2.40. The first kappa shape index (κ1) is 27.6. The fourth-order valence-corrected chi connectivity index (χ4v) is 1.99. The van der Waals surface area contributed by atoms with E-state index in [-0.39, 0.29) is 32.4 Å².